The predicted molar refractivity (Wildman–Crippen MR) is 67.7 cm³/mol. The normalized spacial score (nSPS) is 28.6. The average molecular weight is 285 g/mol. The largest absolute Gasteiger partial charge is 0.386 e. The van der Waals surface area contributed by atoms with Crippen LogP contribution in [0.3, 0.4) is 0 Å². The Morgan fingerprint density at radius 2 is 2.20 bits per heavy atom. The van der Waals surface area contributed by atoms with E-state index in [0.29, 0.717) is 13.0 Å². The van der Waals surface area contributed by atoms with Crippen LogP contribution >= 0.6 is 0 Å². The smallest absolute Gasteiger partial charge is 0.325 e. The summed E-state index contributed by atoms with van der Waals surface area (Å²) in [6.45, 7) is 3.45. The van der Waals surface area contributed by atoms with Crippen molar-refractivity contribution in [2.75, 3.05) is 26.3 Å². The van der Waals surface area contributed by atoms with Crippen molar-refractivity contribution in [3.63, 3.8) is 0 Å². The highest BCUT2D eigenvalue weighted by molar-refractivity contribution is 6.08. The lowest BCUT2D eigenvalue weighted by Gasteiger charge is -2.21. The van der Waals surface area contributed by atoms with E-state index in [-0.39, 0.29) is 19.7 Å². The van der Waals surface area contributed by atoms with Gasteiger partial charge in [-0.05, 0) is 13.8 Å². The quantitative estimate of drug-likeness (QED) is 0.550. The fourth-order valence-corrected chi connectivity index (χ4v) is 2.16. The predicted octanol–water partition coefficient (Wildman–Crippen LogP) is -1.42. The third-order valence-electron chi connectivity index (χ3n) is 3.44. The number of hydrogen-bond acceptors (Lipinski definition) is 5. The third-order valence-corrected chi connectivity index (χ3v) is 3.44. The second-order valence-corrected chi connectivity index (χ2v) is 5.75. The molecule has 2 aliphatic heterocycles. The number of aliphatic hydroxyl groups is 1. The minimum atomic E-state index is -1.06. The Hall–Kier alpha value is -1.67. The number of carbonyl (C=O) groups is 3. The van der Waals surface area contributed by atoms with Gasteiger partial charge in [0.1, 0.15) is 17.7 Å². The highest BCUT2D eigenvalue weighted by Gasteiger charge is 2.45. The Labute approximate surface area is 116 Å². The van der Waals surface area contributed by atoms with Crippen molar-refractivity contribution in [2.45, 2.75) is 31.4 Å². The maximum atomic E-state index is 11.9. The van der Waals surface area contributed by atoms with E-state index in [1.807, 2.05) is 0 Å². The molecule has 8 nitrogen and oxygen atoms in total. The lowest BCUT2D eigenvalue weighted by atomic mass is 10.0. The van der Waals surface area contributed by atoms with Gasteiger partial charge in [-0.15, -0.1) is 0 Å². The summed E-state index contributed by atoms with van der Waals surface area (Å²) in [6.07, 6.45) is 0.448. The van der Waals surface area contributed by atoms with Gasteiger partial charge in [-0.3, -0.25) is 14.5 Å². The van der Waals surface area contributed by atoms with Gasteiger partial charge in [0.05, 0.1) is 6.61 Å². The lowest BCUT2D eigenvalue weighted by molar-refractivity contribution is -0.134. The van der Waals surface area contributed by atoms with Crippen LogP contribution in [-0.4, -0.2) is 65.3 Å². The number of nitrogens with one attached hydrogen (secondary N) is 2. The molecule has 2 saturated heterocycles. The molecule has 3 N–H and O–H groups in total. The third kappa shape index (κ3) is 2.91. The molecule has 1 atom stereocenters. The molecule has 2 aliphatic rings. The molecule has 2 heterocycles. The molecule has 0 aliphatic carbocycles. The molecule has 0 aromatic rings. The number of ether oxygens (including phenoxy) is 1. The van der Waals surface area contributed by atoms with Crippen LogP contribution in [0.25, 0.3) is 0 Å². The summed E-state index contributed by atoms with van der Waals surface area (Å²) in [7, 11) is 0. The van der Waals surface area contributed by atoms with Crippen molar-refractivity contribution in [1.82, 2.24) is 15.5 Å². The molecule has 0 aromatic carbocycles. The zero-order valence-corrected chi connectivity index (χ0v) is 11.6. The molecule has 8 heteroatoms. The van der Waals surface area contributed by atoms with Crippen molar-refractivity contribution in [1.29, 1.82) is 0 Å². The maximum absolute atomic E-state index is 11.9. The van der Waals surface area contributed by atoms with Crippen LogP contribution in [0, 0.1) is 0 Å². The Balaban J connectivity index is 1.86. The Kier molecular flexibility index (Phi) is 3.70. The SMILES string of the molecule is CC1(C)NC(=O)N(CC(=O)NCC2(O)CCOC2)C1=O. The van der Waals surface area contributed by atoms with Crippen LogP contribution in [0.5, 0.6) is 0 Å². The molecule has 2 fully saturated rings. The van der Waals surface area contributed by atoms with Crippen molar-refractivity contribution in [2.24, 2.45) is 0 Å². The molecule has 1 unspecified atom stereocenters. The molecule has 112 valence electrons. The number of carbonyl (C=O) groups excluding carboxylic acids is 3. The monoisotopic (exact) mass is 285 g/mol. The summed E-state index contributed by atoms with van der Waals surface area (Å²) in [6, 6.07) is -0.585. The molecule has 0 aromatic heterocycles. The van der Waals surface area contributed by atoms with Gasteiger partial charge in [-0.1, -0.05) is 0 Å². The van der Waals surface area contributed by atoms with Crippen molar-refractivity contribution < 1.29 is 24.2 Å². The van der Waals surface area contributed by atoms with Gasteiger partial charge in [0.15, 0.2) is 0 Å². The molecule has 4 amide bonds. The van der Waals surface area contributed by atoms with Crippen LogP contribution in [0.2, 0.25) is 0 Å². The number of nitrogens with zero attached hydrogens (tertiary/aromatic N) is 1. The van der Waals surface area contributed by atoms with E-state index in [1.54, 1.807) is 13.8 Å². The minimum absolute atomic E-state index is 0.0406. The molecular formula is C12H19N3O5. The van der Waals surface area contributed by atoms with E-state index in [9.17, 15) is 19.5 Å². The molecule has 2 rings (SSSR count). The van der Waals surface area contributed by atoms with Gasteiger partial charge >= 0.3 is 6.03 Å². The van der Waals surface area contributed by atoms with Gasteiger partial charge in [0.25, 0.3) is 5.91 Å². The summed E-state index contributed by atoms with van der Waals surface area (Å²) >= 11 is 0. The minimum Gasteiger partial charge on any atom is -0.386 e. The Morgan fingerprint density at radius 3 is 2.70 bits per heavy atom. The lowest BCUT2D eigenvalue weighted by Crippen LogP contribution is -2.48. The topological polar surface area (TPSA) is 108 Å². The van der Waals surface area contributed by atoms with Crippen LogP contribution in [0.4, 0.5) is 4.79 Å². The zero-order chi connectivity index (χ0) is 15.0. The van der Waals surface area contributed by atoms with E-state index >= 15 is 0 Å². The molecule has 0 bridgehead atoms. The molecule has 0 spiro atoms. The highest BCUT2D eigenvalue weighted by Crippen LogP contribution is 2.18. The second-order valence-electron chi connectivity index (χ2n) is 5.75. The summed E-state index contributed by atoms with van der Waals surface area (Å²) in [5.41, 5.74) is -2.05. The Bertz CT molecular complexity index is 442. The average Bonchev–Trinajstić information content (AvgIpc) is 2.86. The van der Waals surface area contributed by atoms with Gasteiger partial charge in [-0.25, -0.2) is 4.79 Å². The van der Waals surface area contributed by atoms with Crippen molar-refractivity contribution >= 4 is 17.8 Å². The first-order valence-corrected chi connectivity index (χ1v) is 6.44. The number of amides is 4. The number of urea groups is 1. The number of hydrogen-bond donors (Lipinski definition) is 3. The first-order valence-electron chi connectivity index (χ1n) is 6.44. The highest BCUT2D eigenvalue weighted by atomic mass is 16.5. The standard InChI is InChI=1S/C12H19N3O5/c1-11(2)9(17)15(10(18)14-11)5-8(16)13-6-12(19)3-4-20-7-12/h19H,3-7H2,1-2H3,(H,13,16)(H,14,18). The van der Waals surface area contributed by atoms with Crippen LogP contribution in [0.15, 0.2) is 0 Å². The zero-order valence-electron chi connectivity index (χ0n) is 11.6. The summed E-state index contributed by atoms with van der Waals surface area (Å²) in [5.74, 6) is -0.938. The van der Waals surface area contributed by atoms with Crippen LogP contribution in [-0.2, 0) is 14.3 Å². The van der Waals surface area contributed by atoms with Gasteiger partial charge in [0.2, 0.25) is 5.91 Å². The van der Waals surface area contributed by atoms with E-state index in [4.69, 9.17) is 4.74 Å². The van der Waals surface area contributed by atoms with Gasteiger partial charge in [0, 0.05) is 19.6 Å². The summed E-state index contributed by atoms with van der Waals surface area (Å²) < 4.78 is 5.06. The molecule has 0 radical (unpaired) electrons. The molecule has 20 heavy (non-hydrogen) atoms. The second kappa shape index (κ2) is 5.02. The molecule has 0 saturated carbocycles. The van der Waals surface area contributed by atoms with Crippen LogP contribution in [0.1, 0.15) is 20.3 Å². The fourth-order valence-electron chi connectivity index (χ4n) is 2.16. The van der Waals surface area contributed by atoms with E-state index in [1.165, 1.54) is 0 Å². The van der Waals surface area contributed by atoms with E-state index < -0.39 is 29.0 Å². The van der Waals surface area contributed by atoms with Gasteiger partial charge < -0.3 is 20.5 Å². The first-order chi connectivity index (χ1) is 9.23. The number of imide groups is 1. The van der Waals surface area contributed by atoms with Gasteiger partial charge in [-0.2, -0.15) is 0 Å². The van der Waals surface area contributed by atoms with E-state index in [0.717, 1.165) is 4.90 Å². The fraction of sp³-hybridized carbons (Fsp3) is 0.750. The summed E-state index contributed by atoms with van der Waals surface area (Å²) in [5, 5.41) is 15.0. The molecular weight excluding hydrogens is 266 g/mol. The maximum Gasteiger partial charge on any atom is 0.325 e. The first kappa shape index (κ1) is 14.7. The summed E-state index contributed by atoms with van der Waals surface area (Å²) in [4.78, 5) is 36.1. The van der Waals surface area contributed by atoms with Crippen LogP contribution < -0.4 is 10.6 Å². The number of rotatable bonds is 4. The Morgan fingerprint density at radius 1 is 1.50 bits per heavy atom. The van der Waals surface area contributed by atoms with Crippen molar-refractivity contribution in [3.8, 4) is 0 Å². The van der Waals surface area contributed by atoms with E-state index in [2.05, 4.69) is 10.6 Å². The van der Waals surface area contributed by atoms with Crippen molar-refractivity contribution in [3.05, 3.63) is 0 Å².